The van der Waals surface area contributed by atoms with Gasteiger partial charge in [0, 0.05) is 6.61 Å². The number of aliphatic hydroxyl groups excluding tert-OH is 1. The van der Waals surface area contributed by atoms with Crippen LogP contribution in [0.2, 0.25) is 0 Å². The summed E-state index contributed by atoms with van der Waals surface area (Å²) >= 11 is 0. The van der Waals surface area contributed by atoms with Crippen LogP contribution < -0.4 is 0 Å². The van der Waals surface area contributed by atoms with Gasteiger partial charge in [-0.1, -0.05) is 44.2 Å². The molecule has 1 N–H and O–H groups in total. The average molecular weight is 228 g/mol. The first-order valence-electron chi connectivity index (χ1n) is 6.45. The molecule has 2 aromatic carbocycles. The van der Waals surface area contributed by atoms with E-state index >= 15 is 0 Å². The zero-order valence-corrected chi connectivity index (χ0v) is 10.7. The molecule has 0 atom stereocenters. The van der Waals surface area contributed by atoms with Gasteiger partial charge in [0.25, 0.3) is 0 Å². The quantitative estimate of drug-likeness (QED) is 0.849. The molecule has 0 aliphatic rings. The monoisotopic (exact) mass is 228 g/mol. The minimum atomic E-state index is 0.221. The van der Waals surface area contributed by atoms with Crippen molar-refractivity contribution in [2.24, 2.45) is 0 Å². The van der Waals surface area contributed by atoms with Crippen LogP contribution in [0.1, 0.15) is 30.5 Å². The van der Waals surface area contributed by atoms with Gasteiger partial charge in [-0.05, 0) is 46.7 Å². The van der Waals surface area contributed by atoms with Crippen LogP contribution in [0, 0.1) is 0 Å². The Kier molecular flexibility index (Phi) is 3.80. The summed E-state index contributed by atoms with van der Waals surface area (Å²) in [6.45, 7) is 4.61. The van der Waals surface area contributed by atoms with Crippen molar-refractivity contribution < 1.29 is 5.11 Å². The molecule has 0 fully saturated rings. The number of hydrogen-bond acceptors (Lipinski definition) is 1. The minimum Gasteiger partial charge on any atom is -0.396 e. The number of fused-ring (bicyclic) bond motifs is 1. The lowest BCUT2D eigenvalue weighted by Crippen LogP contribution is -1.97. The van der Waals surface area contributed by atoms with E-state index in [1.54, 1.807) is 0 Å². The van der Waals surface area contributed by atoms with Gasteiger partial charge < -0.3 is 5.11 Å². The highest BCUT2D eigenvalue weighted by Crippen LogP contribution is 2.27. The summed E-state index contributed by atoms with van der Waals surface area (Å²) < 4.78 is 0. The number of aryl methyl sites for hydroxylation is 2. The Morgan fingerprint density at radius 1 is 0.882 bits per heavy atom. The lowest BCUT2D eigenvalue weighted by Gasteiger charge is -2.13. The molecule has 90 valence electrons. The second-order valence-corrected chi connectivity index (χ2v) is 4.40. The van der Waals surface area contributed by atoms with Crippen LogP contribution in [0.5, 0.6) is 0 Å². The second kappa shape index (κ2) is 5.33. The van der Waals surface area contributed by atoms with E-state index in [0.29, 0.717) is 0 Å². The van der Waals surface area contributed by atoms with Gasteiger partial charge in [-0.15, -0.1) is 0 Å². The molecule has 0 heterocycles. The molecule has 0 aromatic heterocycles. The fourth-order valence-electron chi connectivity index (χ4n) is 2.55. The van der Waals surface area contributed by atoms with Crippen molar-refractivity contribution in [1.29, 1.82) is 0 Å². The maximum atomic E-state index is 9.17. The Hall–Kier alpha value is -1.34. The molecule has 2 rings (SSSR count). The third kappa shape index (κ3) is 2.20. The van der Waals surface area contributed by atoms with Crippen LogP contribution in [0.25, 0.3) is 10.8 Å². The highest BCUT2D eigenvalue weighted by molar-refractivity contribution is 5.91. The Morgan fingerprint density at radius 3 is 2.24 bits per heavy atom. The van der Waals surface area contributed by atoms with Crippen LogP contribution in [0.3, 0.4) is 0 Å². The first-order chi connectivity index (χ1) is 8.31. The smallest absolute Gasteiger partial charge is 0.0471 e. The molecule has 0 aliphatic heterocycles. The van der Waals surface area contributed by atoms with Crippen LogP contribution in [-0.2, 0) is 19.3 Å². The first-order valence-corrected chi connectivity index (χ1v) is 6.45. The fraction of sp³-hybridized carbons (Fsp3) is 0.375. The molecule has 0 saturated heterocycles. The summed E-state index contributed by atoms with van der Waals surface area (Å²) in [6, 6.07) is 10.9. The molecule has 2 aromatic rings. The molecule has 0 aliphatic carbocycles. The number of hydrogen-bond donors (Lipinski definition) is 1. The molecular formula is C16H20O. The van der Waals surface area contributed by atoms with Crippen molar-refractivity contribution in [3.63, 3.8) is 0 Å². The molecule has 0 spiro atoms. The van der Waals surface area contributed by atoms with E-state index in [-0.39, 0.29) is 6.61 Å². The molecule has 0 unspecified atom stereocenters. The van der Waals surface area contributed by atoms with Gasteiger partial charge in [-0.3, -0.25) is 0 Å². The molecule has 0 radical (unpaired) electrons. The Labute approximate surface area is 103 Å². The fourth-order valence-corrected chi connectivity index (χ4v) is 2.55. The van der Waals surface area contributed by atoms with Gasteiger partial charge in [0.15, 0.2) is 0 Å². The summed E-state index contributed by atoms with van der Waals surface area (Å²) in [4.78, 5) is 0. The average Bonchev–Trinajstić information content (AvgIpc) is 2.38. The Bertz CT molecular complexity index is 514. The van der Waals surface area contributed by atoms with E-state index in [0.717, 1.165) is 19.3 Å². The minimum absolute atomic E-state index is 0.221. The zero-order valence-electron chi connectivity index (χ0n) is 10.7. The molecule has 1 nitrogen and oxygen atoms in total. The zero-order chi connectivity index (χ0) is 12.3. The predicted molar refractivity (Wildman–Crippen MR) is 73.5 cm³/mol. The number of aliphatic hydroxyl groups is 1. The first kappa shape index (κ1) is 12.1. The number of benzene rings is 2. The van der Waals surface area contributed by atoms with Crippen LogP contribution in [0.4, 0.5) is 0 Å². The van der Waals surface area contributed by atoms with Gasteiger partial charge in [0.1, 0.15) is 0 Å². The van der Waals surface area contributed by atoms with Gasteiger partial charge in [-0.25, -0.2) is 0 Å². The SMILES string of the molecule is CCc1ccc(CC)c2c(CCO)cccc12. The van der Waals surface area contributed by atoms with Gasteiger partial charge in [0.05, 0.1) is 0 Å². The van der Waals surface area contributed by atoms with Crippen molar-refractivity contribution in [2.75, 3.05) is 6.61 Å². The highest BCUT2D eigenvalue weighted by atomic mass is 16.2. The van der Waals surface area contributed by atoms with E-state index in [9.17, 15) is 0 Å². The van der Waals surface area contributed by atoms with Crippen molar-refractivity contribution >= 4 is 10.8 Å². The predicted octanol–water partition coefficient (Wildman–Crippen LogP) is 3.50. The summed E-state index contributed by atoms with van der Waals surface area (Å²) in [5, 5.41) is 11.9. The molecule has 0 saturated carbocycles. The maximum Gasteiger partial charge on any atom is 0.0471 e. The van der Waals surface area contributed by atoms with Crippen molar-refractivity contribution in [3.8, 4) is 0 Å². The molecule has 17 heavy (non-hydrogen) atoms. The lowest BCUT2D eigenvalue weighted by molar-refractivity contribution is 0.300. The van der Waals surface area contributed by atoms with E-state index in [1.165, 1.54) is 27.5 Å². The van der Waals surface area contributed by atoms with Crippen LogP contribution in [-0.4, -0.2) is 11.7 Å². The largest absolute Gasteiger partial charge is 0.396 e. The van der Waals surface area contributed by atoms with Crippen molar-refractivity contribution in [2.45, 2.75) is 33.1 Å². The molecular weight excluding hydrogens is 208 g/mol. The van der Waals surface area contributed by atoms with Gasteiger partial charge in [-0.2, -0.15) is 0 Å². The Balaban J connectivity index is 2.75. The van der Waals surface area contributed by atoms with E-state index < -0.39 is 0 Å². The van der Waals surface area contributed by atoms with Gasteiger partial charge >= 0.3 is 0 Å². The second-order valence-electron chi connectivity index (χ2n) is 4.40. The molecule has 0 bridgehead atoms. The van der Waals surface area contributed by atoms with E-state index in [4.69, 9.17) is 5.11 Å². The highest BCUT2D eigenvalue weighted by Gasteiger charge is 2.07. The summed E-state index contributed by atoms with van der Waals surface area (Å²) in [5.74, 6) is 0. The molecule has 1 heteroatoms. The van der Waals surface area contributed by atoms with Crippen molar-refractivity contribution in [3.05, 3.63) is 47.0 Å². The number of rotatable bonds is 4. The van der Waals surface area contributed by atoms with E-state index in [2.05, 4.69) is 44.2 Å². The maximum absolute atomic E-state index is 9.17. The summed E-state index contributed by atoms with van der Waals surface area (Å²) in [5.41, 5.74) is 4.07. The lowest BCUT2D eigenvalue weighted by atomic mass is 9.92. The standard InChI is InChI=1S/C16H20O/c1-3-12-8-9-13(4-2)16-14(10-11-17)6-5-7-15(12)16/h5-9,17H,3-4,10-11H2,1-2H3. The van der Waals surface area contributed by atoms with E-state index in [1.807, 2.05) is 0 Å². The van der Waals surface area contributed by atoms with Crippen LogP contribution >= 0.6 is 0 Å². The third-order valence-corrected chi connectivity index (χ3v) is 3.45. The summed E-state index contributed by atoms with van der Waals surface area (Å²) in [7, 11) is 0. The third-order valence-electron chi connectivity index (χ3n) is 3.45. The van der Waals surface area contributed by atoms with Crippen LogP contribution in [0.15, 0.2) is 30.3 Å². The molecule has 0 amide bonds. The topological polar surface area (TPSA) is 20.2 Å². The Morgan fingerprint density at radius 2 is 1.59 bits per heavy atom. The van der Waals surface area contributed by atoms with Crippen molar-refractivity contribution in [1.82, 2.24) is 0 Å². The normalized spacial score (nSPS) is 11.0. The van der Waals surface area contributed by atoms with Gasteiger partial charge in [0.2, 0.25) is 0 Å². The summed E-state index contributed by atoms with van der Waals surface area (Å²) in [6.07, 6.45) is 2.85.